The molecule has 1 amide bonds. The van der Waals surface area contributed by atoms with Crippen molar-refractivity contribution >= 4 is 17.2 Å². The van der Waals surface area contributed by atoms with Crippen molar-refractivity contribution in [3.8, 4) is 0 Å². The maximum atomic E-state index is 11.4. The molecule has 0 aliphatic carbocycles. The average Bonchev–Trinajstić information content (AvgIpc) is 2.58. The van der Waals surface area contributed by atoms with Crippen LogP contribution in [-0.2, 0) is 11.3 Å². The highest BCUT2D eigenvalue weighted by Gasteiger charge is 2.05. The number of aryl methyl sites for hydroxylation is 1. The van der Waals surface area contributed by atoms with Crippen LogP contribution in [0.4, 0.5) is 0 Å². The van der Waals surface area contributed by atoms with Gasteiger partial charge in [-0.15, -0.1) is 11.3 Å². The van der Waals surface area contributed by atoms with Gasteiger partial charge in [-0.3, -0.25) is 4.79 Å². The minimum Gasteiger partial charge on any atom is -0.351 e. The van der Waals surface area contributed by atoms with Crippen molar-refractivity contribution < 1.29 is 4.79 Å². The van der Waals surface area contributed by atoms with Crippen LogP contribution in [0.2, 0.25) is 0 Å². The fourth-order valence-corrected chi connectivity index (χ4v) is 1.84. The molecule has 3 N–H and O–H groups in total. The molecule has 0 bridgehead atoms. The number of nitrogens with one attached hydrogen (secondary N) is 1. The molecule has 1 unspecified atom stereocenters. The minimum atomic E-state index is 0.0556. The van der Waals surface area contributed by atoms with Crippen LogP contribution in [0.25, 0.3) is 0 Å². The fraction of sp³-hybridized carbons (Fsp3) is 0.600. The van der Waals surface area contributed by atoms with E-state index in [4.69, 9.17) is 5.73 Å². The Hall–Kier alpha value is -0.940. The van der Waals surface area contributed by atoms with Gasteiger partial charge in [-0.2, -0.15) is 0 Å². The van der Waals surface area contributed by atoms with Crippen molar-refractivity contribution in [2.45, 2.75) is 39.3 Å². The Balaban J connectivity index is 2.26. The quantitative estimate of drug-likeness (QED) is 0.794. The summed E-state index contributed by atoms with van der Waals surface area (Å²) in [6, 6.07) is 0.0842. The first-order valence-electron chi connectivity index (χ1n) is 5.01. The highest BCUT2D eigenvalue weighted by atomic mass is 32.1. The highest BCUT2D eigenvalue weighted by molar-refractivity contribution is 7.09. The van der Waals surface area contributed by atoms with Crippen molar-refractivity contribution in [1.82, 2.24) is 10.3 Å². The largest absolute Gasteiger partial charge is 0.351 e. The van der Waals surface area contributed by atoms with Crippen molar-refractivity contribution in [2.24, 2.45) is 5.73 Å². The minimum absolute atomic E-state index is 0.0556. The summed E-state index contributed by atoms with van der Waals surface area (Å²) in [6.45, 7) is 4.43. The topological polar surface area (TPSA) is 68.0 Å². The number of aromatic nitrogens is 1. The van der Waals surface area contributed by atoms with Crippen molar-refractivity contribution in [2.75, 3.05) is 0 Å². The molecule has 1 heterocycles. The van der Waals surface area contributed by atoms with Crippen LogP contribution in [0.3, 0.4) is 0 Å². The molecular weight excluding hydrogens is 210 g/mol. The van der Waals surface area contributed by atoms with E-state index in [1.54, 1.807) is 16.8 Å². The first-order valence-corrected chi connectivity index (χ1v) is 5.89. The Kier molecular flexibility index (Phi) is 4.71. The SMILES string of the molecule is Cc1ncsc1CNC(=O)CCC(C)N. The van der Waals surface area contributed by atoms with Gasteiger partial charge in [-0.25, -0.2) is 4.98 Å². The number of thiazole rings is 1. The third-order valence-corrected chi connectivity index (χ3v) is 3.05. The Morgan fingerprint density at radius 1 is 1.73 bits per heavy atom. The third-order valence-electron chi connectivity index (χ3n) is 2.12. The molecule has 0 saturated heterocycles. The van der Waals surface area contributed by atoms with E-state index in [0.717, 1.165) is 17.0 Å². The van der Waals surface area contributed by atoms with Gasteiger partial charge in [-0.1, -0.05) is 0 Å². The number of nitrogens with two attached hydrogens (primary N) is 1. The van der Waals surface area contributed by atoms with Gasteiger partial charge in [0.05, 0.1) is 17.7 Å². The molecule has 1 aromatic heterocycles. The molecule has 0 aromatic carbocycles. The molecule has 15 heavy (non-hydrogen) atoms. The van der Waals surface area contributed by atoms with Gasteiger partial charge in [0.2, 0.25) is 5.91 Å². The molecule has 0 aliphatic heterocycles. The van der Waals surface area contributed by atoms with E-state index in [1.807, 2.05) is 13.8 Å². The summed E-state index contributed by atoms with van der Waals surface area (Å²) >= 11 is 1.57. The van der Waals surface area contributed by atoms with Crippen molar-refractivity contribution in [3.05, 3.63) is 16.1 Å². The molecule has 1 aromatic rings. The van der Waals surface area contributed by atoms with Gasteiger partial charge >= 0.3 is 0 Å². The lowest BCUT2D eigenvalue weighted by molar-refractivity contribution is -0.121. The molecule has 84 valence electrons. The summed E-state index contributed by atoms with van der Waals surface area (Å²) in [5.41, 5.74) is 8.35. The monoisotopic (exact) mass is 227 g/mol. The molecule has 4 nitrogen and oxygen atoms in total. The Morgan fingerprint density at radius 3 is 3.00 bits per heavy atom. The van der Waals surface area contributed by atoms with Crippen LogP contribution in [0, 0.1) is 6.92 Å². The van der Waals surface area contributed by atoms with Gasteiger partial charge in [0.25, 0.3) is 0 Å². The van der Waals surface area contributed by atoms with Crippen molar-refractivity contribution in [3.63, 3.8) is 0 Å². The van der Waals surface area contributed by atoms with Gasteiger partial charge < -0.3 is 11.1 Å². The lowest BCUT2D eigenvalue weighted by atomic mass is 10.2. The van der Waals surface area contributed by atoms with E-state index < -0.39 is 0 Å². The molecule has 5 heteroatoms. The molecule has 0 aliphatic rings. The summed E-state index contributed by atoms with van der Waals surface area (Å²) < 4.78 is 0. The second kappa shape index (κ2) is 5.82. The smallest absolute Gasteiger partial charge is 0.220 e. The Bertz CT molecular complexity index is 322. The molecule has 0 spiro atoms. The zero-order valence-corrected chi connectivity index (χ0v) is 9.93. The van der Waals surface area contributed by atoms with Gasteiger partial charge in [-0.05, 0) is 20.3 Å². The van der Waals surface area contributed by atoms with E-state index in [9.17, 15) is 4.79 Å². The van der Waals surface area contributed by atoms with Crippen LogP contribution < -0.4 is 11.1 Å². The number of carbonyl (C=O) groups is 1. The second-order valence-electron chi connectivity index (χ2n) is 3.65. The number of carbonyl (C=O) groups excluding carboxylic acids is 1. The van der Waals surface area contributed by atoms with Crippen LogP contribution in [-0.4, -0.2) is 16.9 Å². The number of rotatable bonds is 5. The lowest BCUT2D eigenvalue weighted by Crippen LogP contribution is -2.25. The summed E-state index contributed by atoms with van der Waals surface area (Å²) in [4.78, 5) is 16.6. The van der Waals surface area contributed by atoms with E-state index in [1.165, 1.54) is 0 Å². The van der Waals surface area contributed by atoms with Gasteiger partial charge in [0.15, 0.2) is 0 Å². The normalized spacial score (nSPS) is 12.5. The maximum absolute atomic E-state index is 11.4. The average molecular weight is 227 g/mol. The third kappa shape index (κ3) is 4.40. The zero-order valence-electron chi connectivity index (χ0n) is 9.12. The van der Waals surface area contributed by atoms with E-state index in [0.29, 0.717) is 13.0 Å². The standard InChI is InChI=1S/C10H17N3OS/c1-7(11)3-4-10(14)12-5-9-8(2)13-6-15-9/h6-7H,3-5,11H2,1-2H3,(H,12,14). The van der Waals surface area contributed by atoms with E-state index in [2.05, 4.69) is 10.3 Å². The van der Waals surface area contributed by atoms with Gasteiger partial charge in [0, 0.05) is 17.3 Å². The predicted molar refractivity (Wildman–Crippen MR) is 61.6 cm³/mol. The summed E-state index contributed by atoms with van der Waals surface area (Å²) in [6.07, 6.45) is 1.23. The molecule has 0 saturated carbocycles. The molecule has 0 radical (unpaired) electrons. The molecule has 1 rings (SSSR count). The van der Waals surface area contributed by atoms with Crippen LogP contribution in [0.1, 0.15) is 30.3 Å². The molecular formula is C10H17N3OS. The lowest BCUT2D eigenvalue weighted by Gasteiger charge is -2.05. The van der Waals surface area contributed by atoms with Crippen LogP contribution >= 0.6 is 11.3 Å². The van der Waals surface area contributed by atoms with Gasteiger partial charge in [0.1, 0.15) is 0 Å². The molecule has 0 fully saturated rings. The second-order valence-corrected chi connectivity index (χ2v) is 4.59. The number of hydrogen-bond acceptors (Lipinski definition) is 4. The zero-order chi connectivity index (χ0) is 11.3. The summed E-state index contributed by atoms with van der Waals surface area (Å²) in [5, 5.41) is 2.86. The number of hydrogen-bond donors (Lipinski definition) is 2. The van der Waals surface area contributed by atoms with E-state index in [-0.39, 0.29) is 11.9 Å². The summed E-state index contributed by atoms with van der Waals surface area (Å²) in [5.74, 6) is 0.0556. The number of nitrogens with zero attached hydrogens (tertiary/aromatic N) is 1. The summed E-state index contributed by atoms with van der Waals surface area (Å²) in [7, 11) is 0. The maximum Gasteiger partial charge on any atom is 0.220 e. The predicted octanol–water partition coefficient (Wildman–Crippen LogP) is 1.20. The van der Waals surface area contributed by atoms with Crippen LogP contribution in [0.15, 0.2) is 5.51 Å². The first-order chi connectivity index (χ1) is 7.09. The Labute approximate surface area is 93.9 Å². The number of amides is 1. The Morgan fingerprint density at radius 2 is 2.47 bits per heavy atom. The highest BCUT2D eigenvalue weighted by Crippen LogP contribution is 2.11. The fourth-order valence-electron chi connectivity index (χ4n) is 1.12. The van der Waals surface area contributed by atoms with Crippen LogP contribution in [0.5, 0.6) is 0 Å². The molecule has 1 atom stereocenters. The van der Waals surface area contributed by atoms with Crippen molar-refractivity contribution in [1.29, 1.82) is 0 Å². The first kappa shape index (κ1) is 12.1. The van der Waals surface area contributed by atoms with E-state index >= 15 is 0 Å².